The molecule has 0 aliphatic heterocycles. The number of para-hydroxylation sites is 2. The highest BCUT2D eigenvalue weighted by Gasteiger charge is 2.10. The summed E-state index contributed by atoms with van der Waals surface area (Å²) in [6.07, 6.45) is 3.77. The molecule has 2 heterocycles. The lowest BCUT2D eigenvalue weighted by Crippen LogP contribution is -2.20. The lowest BCUT2D eigenvalue weighted by Gasteiger charge is -2.07. The maximum Gasteiger partial charge on any atom is 0.241 e. The summed E-state index contributed by atoms with van der Waals surface area (Å²) in [5, 5.41) is 6.62. The normalized spacial score (nSPS) is 11.8. The zero-order chi connectivity index (χ0) is 18.6. The van der Waals surface area contributed by atoms with E-state index in [0.717, 1.165) is 22.3 Å². The number of nitrogens with one attached hydrogen (secondary N) is 1. The van der Waals surface area contributed by atoms with Gasteiger partial charge in [-0.25, -0.2) is 5.43 Å². The van der Waals surface area contributed by atoms with E-state index in [1.165, 1.54) is 10.8 Å². The number of carbonyl (C=O) groups excluding carboxylic acids is 1. The molecule has 4 rings (SSSR count). The first kappa shape index (κ1) is 17.0. The van der Waals surface area contributed by atoms with Crippen molar-refractivity contribution in [3.63, 3.8) is 0 Å². The molecule has 2 aromatic heterocycles. The van der Waals surface area contributed by atoms with Crippen LogP contribution < -0.4 is 5.43 Å². The van der Waals surface area contributed by atoms with Crippen LogP contribution in [0.4, 0.5) is 0 Å². The van der Waals surface area contributed by atoms with Gasteiger partial charge in [0.25, 0.3) is 0 Å². The van der Waals surface area contributed by atoms with Crippen LogP contribution in [0.15, 0.2) is 78.2 Å². The first-order chi connectivity index (χ1) is 13.2. The van der Waals surface area contributed by atoms with Gasteiger partial charge < -0.3 is 4.57 Å². The Morgan fingerprint density at radius 1 is 0.963 bits per heavy atom. The van der Waals surface area contributed by atoms with Crippen molar-refractivity contribution in [2.24, 2.45) is 5.10 Å². The van der Waals surface area contributed by atoms with Gasteiger partial charge in [0.2, 0.25) is 5.91 Å². The van der Waals surface area contributed by atoms with Gasteiger partial charge in [0, 0.05) is 52.7 Å². The van der Waals surface area contributed by atoms with Crippen LogP contribution in [0, 0.1) is 0 Å². The number of rotatable bonds is 5. The van der Waals surface area contributed by atoms with Crippen molar-refractivity contribution >= 4 is 33.4 Å². The monoisotopic (exact) mass is 356 g/mol. The second-order valence-electron chi connectivity index (χ2n) is 6.40. The van der Waals surface area contributed by atoms with Crippen LogP contribution in [-0.4, -0.2) is 21.2 Å². The molecular formula is C22H20N4O. The minimum absolute atomic E-state index is 0.106. The van der Waals surface area contributed by atoms with Crippen LogP contribution in [0.2, 0.25) is 0 Å². The van der Waals surface area contributed by atoms with Gasteiger partial charge in [-0.05, 0) is 31.2 Å². The Kier molecular flexibility index (Phi) is 4.66. The first-order valence-electron chi connectivity index (χ1n) is 8.93. The third kappa shape index (κ3) is 3.44. The summed E-state index contributed by atoms with van der Waals surface area (Å²) in [6.45, 7) is 2.46. The number of pyridine rings is 1. The van der Waals surface area contributed by atoms with E-state index in [0.29, 0.717) is 13.0 Å². The Morgan fingerprint density at radius 3 is 2.19 bits per heavy atom. The maximum absolute atomic E-state index is 12.3. The summed E-state index contributed by atoms with van der Waals surface area (Å²) in [7, 11) is 0. The number of amides is 1. The lowest BCUT2D eigenvalue weighted by atomic mass is 10.2. The van der Waals surface area contributed by atoms with Crippen molar-refractivity contribution in [3.05, 3.63) is 78.6 Å². The van der Waals surface area contributed by atoms with Gasteiger partial charge in [-0.3, -0.25) is 9.78 Å². The molecule has 0 aliphatic carbocycles. The molecule has 4 aromatic rings. The number of hydrazone groups is 1. The molecule has 0 atom stereocenters. The van der Waals surface area contributed by atoms with Crippen LogP contribution in [-0.2, 0) is 11.3 Å². The fourth-order valence-corrected chi connectivity index (χ4v) is 3.32. The Labute approximate surface area is 157 Å². The summed E-state index contributed by atoms with van der Waals surface area (Å²) < 4.78 is 2.20. The highest BCUT2D eigenvalue weighted by molar-refractivity contribution is 6.08. The molecule has 1 N–H and O–H groups in total. The minimum atomic E-state index is -0.106. The van der Waals surface area contributed by atoms with E-state index in [4.69, 9.17) is 0 Å². The SMILES string of the molecule is C/C(=N\NC(=O)CCn1c2ccccc2c2ccccc21)c1ccncc1. The Morgan fingerprint density at radius 2 is 1.56 bits per heavy atom. The number of fused-ring (bicyclic) bond motifs is 3. The van der Waals surface area contributed by atoms with Gasteiger partial charge in [-0.2, -0.15) is 5.10 Å². The number of nitrogens with zero attached hydrogens (tertiary/aromatic N) is 3. The van der Waals surface area contributed by atoms with Crippen molar-refractivity contribution in [3.8, 4) is 0 Å². The zero-order valence-electron chi connectivity index (χ0n) is 15.1. The van der Waals surface area contributed by atoms with E-state index < -0.39 is 0 Å². The number of aromatic nitrogens is 2. The van der Waals surface area contributed by atoms with Gasteiger partial charge in [-0.15, -0.1) is 0 Å². The molecule has 0 fully saturated rings. The van der Waals surface area contributed by atoms with Gasteiger partial charge in [-0.1, -0.05) is 36.4 Å². The average Bonchev–Trinajstić information content (AvgIpc) is 3.05. The van der Waals surface area contributed by atoms with Gasteiger partial charge in [0.1, 0.15) is 0 Å². The molecular weight excluding hydrogens is 336 g/mol. The zero-order valence-corrected chi connectivity index (χ0v) is 15.1. The molecule has 5 nitrogen and oxygen atoms in total. The number of benzene rings is 2. The minimum Gasteiger partial charge on any atom is -0.340 e. The molecule has 0 spiro atoms. The molecule has 0 unspecified atom stereocenters. The molecule has 0 radical (unpaired) electrons. The Hall–Kier alpha value is -3.47. The fraction of sp³-hybridized carbons (Fsp3) is 0.136. The Balaban J connectivity index is 1.51. The predicted octanol–water partition coefficient (Wildman–Crippen LogP) is 4.12. The van der Waals surface area contributed by atoms with Gasteiger partial charge >= 0.3 is 0 Å². The van der Waals surface area contributed by atoms with Crippen LogP contribution in [0.3, 0.4) is 0 Å². The van der Waals surface area contributed by atoms with E-state index in [1.54, 1.807) is 12.4 Å². The topological polar surface area (TPSA) is 59.3 Å². The smallest absolute Gasteiger partial charge is 0.241 e. The van der Waals surface area contributed by atoms with E-state index in [-0.39, 0.29) is 5.91 Å². The standard InChI is InChI=1S/C22H20N4O/c1-16(17-10-13-23-14-11-17)24-25-22(27)12-15-26-20-8-4-2-6-18(20)19-7-3-5-9-21(19)26/h2-11,13-14H,12,15H2,1H3,(H,25,27)/b24-16+. The van der Waals surface area contributed by atoms with E-state index >= 15 is 0 Å². The second kappa shape index (κ2) is 7.41. The highest BCUT2D eigenvalue weighted by atomic mass is 16.2. The molecule has 2 aromatic carbocycles. The maximum atomic E-state index is 12.3. The van der Waals surface area contributed by atoms with Crippen molar-refractivity contribution in [1.82, 2.24) is 15.0 Å². The van der Waals surface area contributed by atoms with E-state index in [9.17, 15) is 4.79 Å². The summed E-state index contributed by atoms with van der Waals surface area (Å²) in [5.41, 5.74) is 6.63. The molecule has 0 bridgehead atoms. The average molecular weight is 356 g/mol. The van der Waals surface area contributed by atoms with E-state index in [2.05, 4.69) is 44.3 Å². The quantitative estimate of drug-likeness (QED) is 0.432. The van der Waals surface area contributed by atoms with Crippen molar-refractivity contribution in [2.75, 3.05) is 0 Å². The van der Waals surface area contributed by atoms with Crippen molar-refractivity contribution < 1.29 is 4.79 Å². The number of hydrogen-bond donors (Lipinski definition) is 1. The second-order valence-corrected chi connectivity index (χ2v) is 6.40. The van der Waals surface area contributed by atoms with Crippen LogP contribution in [0.1, 0.15) is 18.9 Å². The molecule has 27 heavy (non-hydrogen) atoms. The molecule has 134 valence electrons. The number of hydrogen-bond acceptors (Lipinski definition) is 3. The van der Waals surface area contributed by atoms with Crippen molar-refractivity contribution in [2.45, 2.75) is 19.9 Å². The summed E-state index contributed by atoms with van der Waals surface area (Å²) in [5.74, 6) is -0.106. The molecule has 0 saturated carbocycles. The highest BCUT2D eigenvalue weighted by Crippen LogP contribution is 2.28. The third-order valence-corrected chi connectivity index (χ3v) is 4.69. The number of carbonyl (C=O) groups is 1. The molecule has 0 saturated heterocycles. The largest absolute Gasteiger partial charge is 0.340 e. The van der Waals surface area contributed by atoms with Crippen LogP contribution in [0.5, 0.6) is 0 Å². The summed E-state index contributed by atoms with van der Waals surface area (Å²) in [6, 6.07) is 20.3. The van der Waals surface area contributed by atoms with Crippen molar-refractivity contribution in [1.29, 1.82) is 0 Å². The summed E-state index contributed by atoms with van der Waals surface area (Å²) >= 11 is 0. The predicted molar refractivity (Wildman–Crippen MR) is 109 cm³/mol. The van der Waals surface area contributed by atoms with Crippen LogP contribution >= 0.6 is 0 Å². The third-order valence-electron chi connectivity index (χ3n) is 4.69. The first-order valence-corrected chi connectivity index (χ1v) is 8.93. The van der Waals surface area contributed by atoms with Gasteiger partial charge in [0.15, 0.2) is 0 Å². The molecule has 0 aliphatic rings. The Bertz CT molecular complexity index is 1080. The summed E-state index contributed by atoms with van der Waals surface area (Å²) in [4.78, 5) is 16.3. The lowest BCUT2D eigenvalue weighted by molar-refractivity contribution is -0.121. The molecule has 5 heteroatoms. The van der Waals surface area contributed by atoms with E-state index in [1.807, 2.05) is 43.3 Å². The van der Waals surface area contributed by atoms with Gasteiger partial charge in [0.05, 0.1) is 5.71 Å². The fourth-order valence-electron chi connectivity index (χ4n) is 3.32. The molecule has 1 amide bonds. The number of aryl methyl sites for hydroxylation is 1. The van der Waals surface area contributed by atoms with Crippen LogP contribution in [0.25, 0.3) is 21.8 Å².